The number of halogens is 5. The van der Waals surface area contributed by atoms with Gasteiger partial charge >= 0.3 is 5.97 Å². The van der Waals surface area contributed by atoms with E-state index < -0.39 is 47.2 Å². The lowest BCUT2D eigenvalue weighted by Gasteiger charge is -2.12. The van der Waals surface area contributed by atoms with E-state index in [-0.39, 0.29) is 11.3 Å². The minimum atomic E-state index is -2.25. The molecule has 2 aromatic rings. The summed E-state index contributed by atoms with van der Waals surface area (Å²) in [5.74, 6) is -11.6. The second-order valence-electron chi connectivity index (χ2n) is 4.25. The molecule has 0 aliphatic carbocycles. The number of anilines is 1. The van der Waals surface area contributed by atoms with Gasteiger partial charge in [0.2, 0.25) is 5.82 Å². The van der Waals surface area contributed by atoms with Crippen molar-refractivity contribution in [3.05, 3.63) is 64.5 Å². The van der Waals surface area contributed by atoms with Crippen LogP contribution in [0.3, 0.4) is 0 Å². The molecular weight excluding hydrogens is 309 g/mol. The molecule has 0 aliphatic rings. The third kappa shape index (κ3) is 2.72. The Hall–Kier alpha value is -2.64. The van der Waals surface area contributed by atoms with Crippen LogP contribution in [0.25, 0.3) is 0 Å². The smallest absolute Gasteiger partial charge is 0.337 e. The van der Waals surface area contributed by atoms with Crippen LogP contribution in [-0.4, -0.2) is 11.1 Å². The molecule has 0 atom stereocenters. The molecule has 0 unspecified atom stereocenters. The van der Waals surface area contributed by atoms with Crippen molar-refractivity contribution >= 4 is 11.7 Å². The zero-order valence-corrected chi connectivity index (χ0v) is 10.8. The Morgan fingerprint density at radius 2 is 1.41 bits per heavy atom. The number of para-hydroxylation sites is 1. The predicted molar refractivity (Wildman–Crippen MR) is 67.0 cm³/mol. The highest BCUT2D eigenvalue weighted by Crippen LogP contribution is 2.24. The SMILES string of the molecule is O=C(O)c1ccccc1NCc1c(F)c(F)c(F)c(F)c1F. The van der Waals surface area contributed by atoms with E-state index in [2.05, 4.69) is 5.32 Å². The van der Waals surface area contributed by atoms with E-state index in [1.54, 1.807) is 0 Å². The summed E-state index contributed by atoms with van der Waals surface area (Å²) in [5, 5.41) is 11.3. The average Bonchev–Trinajstić information content (AvgIpc) is 2.51. The highest BCUT2D eigenvalue weighted by Gasteiger charge is 2.25. The molecule has 2 aromatic carbocycles. The molecule has 0 fully saturated rings. The van der Waals surface area contributed by atoms with Gasteiger partial charge in [-0.25, -0.2) is 26.7 Å². The Bertz CT molecular complexity index is 719. The zero-order valence-electron chi connectivity index (χ0n) is 10.8. The molecule has 0 heterocycles. The quantitative estimate of drug-likeness (QED) is 0.514. The first-order valence-corrected chi connectivity index (χ1v) is 5.91. The van der Waals surface area contributed by atoms with Crippen molar-refractivity contribution in [1.82, 2.24) is 0 Å². The molecule has 0 bridgehead atoms. The minimum Gasteiger partial charge on any atom is -0.478 e. The maximum atomic E-state index is 13.5. The first-order chi connectivity index (χ1) is 10.3. The van der Waals surface area contributed by atoms with Crippen LogP contribution in [-0.2, 0) is 6.54 Å². The highest BCUT2D eigenvalue weighted by molar-refractivity contribution is 5.94. The van der Waals surface area contributed by atoms with Gasteiger partial charge in [-0.1, -0.05) is 12.1 Å². The average molecular weight is 317 g/mol. The number of rotatable bonds is 4. The minimum absolute atomic E-state index is 0.0149. The molecule has 0 saturated heterocycles. The maximum absolute atomic E-state index is 13.5. The predicted octanol–water partition coefficient (Wildman–Crippen LogP) is 3.69. The highest BCUT2D eigenvalue weighted by atomic mass is 19.2. The van der Waals surface area contributed by atoms with Crippen molar-refractivity contribution in [2.24, 2.45) is 0 Å². The van der Waals surface area contributed by atoms with Crippen molar-refractivity contribution in [2.45, 2.75) is 6.54 Å². The van der Waals surface area contributed by atoms with Crippen LogP contribution in [0.4, 0.5) is 27.6 Å². The van der Waals surface area contributed by atoms with E-state index in [1.807, 2.05) is 0 Å². The van der Waals surface area contributed by atoms with Crippen molar-refractivity contribution in [3.63, 3.8) is 0 Å². The molecule has 2 rings (SSSR count). The first-order valence-electron chi connectivity index (χ1n) is 5.91. The molecular formula is C14H8F5NO2. The number of carboxylic acid groups (broad SMARTS) is 1. The summed E-state index contributed by atoms with van der Waals surface area (Å²) in [6.45, 7) is -0.768. The van der Waals surface area contributed by atoms with Gasteiger partial charge in [0.15, 0.2) is 23.3 Å². The second-order valence-corrected chi connectivity index (χ2v) is 4.25. The lowest BCUT2D eigenvalue weighted by Crippen LogP contribution is -2.12. The van der Waals surface area contributed by atoms with E-state index in [0.29, 0.717) is 0 Å². The summed E-state index contributed by atoms with van der Waals surface area (Å²) in [4.78, 5) is 11.0. The summed E-state index contributed by atoms with van der Waals surface area (Å²) in [6.07, 6.45) is 0. The van der Waals surface area contributed by atoms with E-state index in [9.17, 15) is 26.7 Å². The molecule has 0 aromatic heterocycles. The van der Waals surface area contributed by atoms with Crippen LogP contribution in [0, 0.1) is 29.1 Å². The topological polar surface area (TPSA) is 49.3 Å². The Labute approximate surface area is 121 Å². The molecule has 0 amide bonds. The van der Waals surface area contributed by atoms with E-state index in [0.717, 1.165) is 0 Å². The third-order valence-corrected chi connectivity index (χ3v) is 2.91. The molecule has 116 valence electrons. The number of carbonyl (C=O) groups is 1. The third-order valence-electron chi connectivity index (χ3n) is 2.91. The molecule has 0 saturated carbocycles. The largest absolute Gasteiger partial charge is 0.478 e. The monoisotopic (exact) mass is 317 g/mol. The summed E-state index contributed by atoms with van der Waals surface area (Å²) in [7, 11) is 0. The fraction of sp³-hybridized carbons (Fsp3) is 0.0714. The summed E-state index contributed by atoms with van der Waals surface area (Å²) in [6, 6.07) is 5.40. The van der Waals surface area contributed by atoms with Gasteiger partial charge in [0.1, 0.15) is 0 Å². The fourth-order valence-corrected chi connectivity index (χ4v) is 1.81. The van der Waals surface area contributed by atoms with Crippen molar-refractivity contribution in [1.29, 1.82) is 0 Å². The number of nitrogens with one attached hydrogen (secondary N) is 1. The van der Waals surface area contributed by atoms with Gasteiger partial charge in [-0.2, -0.15) is 0 Å². The van der Waals surface area contributed by atoms with Gasteiger partial charge in [0, 0.05) is 17.8 Å². The normalized spacial score (nSPS) is 10.6. The number of benzene rings is 2. The second kappa shape index (κ2) is 6.00. The van der Waals surface area contributed by atoms with Crippen molar-refractivity contribution in [3.8, 4) is 0 Å². The maximum Gasteiger partial charge on any atom is 0.337 e. The molecule has 0 radical (unpaired) electrons. The van der Waals surface area contributed by atoms with E-state index in [4.69, 9.17) is 5.11 Å². The van der Waals surface area contributed by atoms with Crippen LogP contribution in [0.15, 0.2) is 24.3 Å². The molecule has 8 heteroatoms. The van der Waals surface area contributed by atoms with Crippen molar-refractivity contribution in [2.75, 3.05) is 5.32 Å². The number of hydrogen-bond donors (Lipinski definition) is 2. The van der Waals surface area contributed by atoms with Gasteiger partial charge in [0.05, 0.1) is 5.56 Å². The lowest BCUT2D eigenvalue weighted by atomic mass is 10.1. The van der Waals surface area contributed by atoms with E-state index >= 15 is 0 Å². The number of carboxylic acids is 1. The van der Waals surface area contributed by atoms with Gasteiger partial charge in [-0.3, -0.25) is 0 Å². The summed E-state index contributed by atoms with van der Waals surface area (Å²) >= 11 is 0. The Kier molecular flexibility index (Phi) is 4.30. The summed E-state index contributed by atoms with van der Waals surface area (Å²) < 4.78 is 66.0. The van der Waals surface area contributed by atoms with E-state index in [1.165, 1.54) is 24.3 Å². The molecule has 0 spiro atoms. The Balaban J connectivity index is 2.36. The molecule has 22 heavy (non-hydrogen) atoms. The lowest BCUT2D eigenvalue weighted by molar-refractivity contribution is 0.0698. The van der Waals surface area contributed by atoms with Gasteiger partial charge < -0.3 is 10.4 Å². The molecule has 3 nitrogen and oxygen atoms in total. The Morgan fingerprint density at radius 3 is 1.95 bits per heavy atom. The van der Waals surface area contributed by atoms with Gasteiger partial charge in [-0.15, -0.1) is 0 Å². The molecule has 0 aliphatic heterocycles. The Morgan fingerprint density at radius 1 is 0.909 bits per heavy atom. The number of aromatic carboxylic acids is 1. The first kappa shape index (κ1) is 15.7. The van der Waals surface area contributed by atoms with Gasteiger partial charge in [0.25, 0.3) is 0 Å². The van der Waals surface area contributed by atoms with Crippen molar-refractivity contribution < 1.29 is 31.9 Å². The van der Waals surface area contributed by atoms with Crippen LogP contribution in [0.1, 0.15) is 15.9 Å². The standard InChI is InChI=1S/C14H8F5NO2/c15-9-7(10(16)12(18)13(19)11(9)17)5-20-8-4-2-1-3-6(8)14(21)22/h1-4,20H,5H2,(H,21,22). The zero-order chi connectivity index (χ0) is 16.4. The van der Waals surface area contributed by atoms with Crippen LogP contribution >= 0.6 is 0 Å². The fourth-order valence-electron chi connectivity index (χ4n) is 1.81. The summed E-state index contributed by atoms with van der Waals surface area (Å²) in [5.41, 5.74) is -1.29. The number of hydrogen-bond acceptors (Lipinski definition) is 2. The van der Waals surface area contributed by atoms with Crippen LogP contribution in [0.5, 0.6) is 0 Å². The van der Waals surface area contributed by atoms with Crippen LogP contribution in [0.2, 0.25) is 0 Å². The van der Waals surface area contributed by atoms with Gasteiger partial charge in [-0.05, 0) is 12.1 Å². The molecule has 2 N–H and O–H groups in total. The van der Waals surface area contributed by atoms with Crippen LogP contribution < -0.4 is 5.32 Å².